The highest BCUT2D eigenvalue weighted by Crippen LogP contribution is 2.43. The van der Waals surface area contributed by atoms with Crippen molar-refractivity contribution < 1.29 is 23.8 Å². The number of hydrogen-bond donors (Lipinski definition) is 3. The van der Waals surface area contributed by atoms with Gasteiger partial charge in [-0.3, -0.25) is 14.7 Å². The van der Waals surface area contributed by atoms with Gasteiger partial charge in [-0.15, -0.1) is 0 Å². The van der Waals surface area contributed by atoms with Crippen molar-refractivity contribution in [1.29, 1.82) is 0 Å². The molecule has 190 valence electrons. The van der Waals surface area contributed by atoms with Crippen LogP contribution in [0, 0.1) is 0 Å². The number of nitrogens with one attached hydrogen (secondary N) is 3. The van der Waals surface area contributed by atoms with Gasteiger partial charge in [-0.2, -0.15) is 0 Å². The minimum Gasteiger partial charge on any atom is -0.354 e. The second-order valence-corrected chi connectivity index (χ2v) is 9.07. The largest absolute Gasteiger partial charge is 0.354 e. The van der Waals surface area contributed by atoms with Crippen molar-refractivity contribution in [2.75, 3.05) is 18.4 Å². The SMILES string of the molecule is CCNC(=O)[C@H]1O[C@@H](n2cnc3c(NC(=O)NCCc4ccccc4)ncnc32)[C@@H]2OC(C)(C)O[C@@H]21. The van der Waals surface area contributed by atoms with Crippen LogP contribution in [0.5, 0.6) is 0 Å². The lowest BCUT2D eigenvalue weighted by molar-refractivity contribution is -0.197. The third-order valence-electron chi connectivity index (χ3n) is 6.05. The molecule has 0 radical (unpaired) electrons. The fourth-order valence-electron chi connectivity index (χ4n) is 4.53. The monoisotopic (exact) mass is 495 g/mol. The first-order valence-electron chi connectivity index (χ1n) is 11.9. The van der Waals surface area contributed by atoms with E-state index < -0.39 is 36.4 Å². The molecule has 3 amide bonds. The molecular formula is C24H29N7O5. The summed E-state index contributed by atoms with van der Waals surface area (Å²) in [7, 11) is 0. The van der Waals surface area contributed by atoms with Gasteiger partial charge in [-0.25, -0.2) is 19.7 Å². The number of imidazole rings is 1. The van der Waals surface area contributed by atoms with Gasteiger partial charge in [0.1, 0.15) is 18.5 Å². The summed E-state index contributed by atoms with van der Waals surface area (Å²) in [4.78, 5) is 38.1. The maximum Gasteiger partial charge on any atom is 0.320 e. The number of benzene rings is 1. The molecule has 2 aromatic heterocycles. The summed E-state index contributed by atoms with van der Waals surface area (Å²) in [6.45, 7) is 6.36. The second kappa shape index (κ2) is 9.80. The van der Waals surface area contributed by atoms with Gasteiger partial charge in [-0.05, 0) is 32.8 Å². The van der Waals surface area contributed by atoms with Crippen LogP contribution in [-0.2, 0) is 25.4 Å². The van der Waals surface area contributed by atoms with Crippen LogP contribution in [0.25, 0.3) is 11.2 Å². The van der Waals surface area contributed by atoms with E-state index in [0.29, 0.717) is 30.7 Å². The molecule has 2 aliphatic heterocycles. The molecule has 2 saturated heterocycles. The van der Waals surface area contributed by atoms with Gasteiger partial charge in [0.2, 0.25) is 0 Å². The molecule has 1 aromatic carbocycles. The second-order valence-electron chi connectivity index (χ2n) is 9.07. The van der Waals surface area contributed by atoms with E-state index in [4.69, 9.17) is 14.2 Å². The molecule has 5 rings (SSSR count). The van der Waals surface area contributed by atoms with Gasteiger partial charge >= 0.3 is 6.03 Å². The van der Waals surface area contributed by atoms with Gasteiger partial charge in [0.05, 0.1) is 6.33 Å². The van der Waals surface area contributed by atoms with Crippen molar-refractivity contribution in [2.24, 2.45) is 0 Å². The average Bonchev–Trinajstić information content (AvgIpc) is 3.51. The lowest BCUT2D eigenvalue weighted by Crippen LogP contribution is -2.42. The summed E-state index contributed by atoms with van der Waals surface area (Å²) in [6.07, 6.45) is 0.861. The van der Waals surface area contributed by atoms with E-state index in [1.54, 1.807) is 18.4 Å². The summed E-state index contributed by atoms with van der Waals surface area (Å²) >= 11 is 0. The van der Waals surface area contributed by atoms with E-state index in [2.05, 4.69) is 30.9 Å². The highest BCUT2D eigenvalue weighted by Gasteiger charge is 2.58. The summed E-state index contributed by atoms with van der Waals surface area (Å²) in [5, 5.41) is 8.35. The van der Waals surface area contributed by atoms with Crippen molar-refractivity contribution >= 4 is 28.9 Å². The molecule has 12 nitrogen and oxygen atoms in total. The lowest BCUT2D eigenvalue weighted by Gasteiger charge is -2.24. The first kappa shape index (κ1) is 24.1. The Hall–Kier alpha value is -3.61. The number of rotatable bonds is 7. The Labute approximate surface area is 207 Å². The van der Waals surface area contributed by atoms with Gasteiger partial charge < -0.3 is 24.8 Å². The smallest absolute Gasteiger partial charge is 0.320 e. The molecule has 2 fully saturated rings. The fourth-order valence-corrected chi connectivity index (χ4v) is 4.53. The van der Waals surface area contributed by atoms with E-state index in [1.165, 1.54) is 12.7 Å². The van der Waals surface area contributed by atoms with Crippen LogP contribution in [0.3, 0.4) is 0 Å². The quantitative estimate of drug-likeness (QED) is 0.450. The van der Waals surface area contributed by atoms with Crippen molar-refractivity contribution in [3.63, 3.8) is 0 Å². The molecule has 4 heterocycles. The Balaban J connectivity index is 1.33. The minimum absolute atomic E-state index is 0.259. The highest BCUT2D eigenvalue weighted by molar-refractivity contribution is 5.95. The van der Waals surface area contributed by atoms with Crippen molar-refractivity contribution in [1.82, 2.24) is 30.2 Å². The third kappa shape index (κ3) is 4.74. The summed E-state index contributed by atoms with van der Waals surface area (Å²) in [5.41, 5.74) is 1.94. The average molecular weight is 496 g/mol. The number of anilines is 1. The number of carbonyl (C=O) groups is 2. The molecule has 0 aliphatic carbocycles. The summed E-state index contributed by atoms with van der Waals surface area (Å²) in [6, 6.07) is 9.48. The third-order valence-corrected chi connectivity index (χ3v) is 6.05. The normalized spacial score (nSPS) is 24.4. The van der Waals surface area contributed by atoms with Gasteiger partial charge in [0.25, 0.3) is 5.91 Å². The van der Waals surface area contributed by atoms with Crippen LogP contribution < -0.4 is 16.0 Å². The Kier molecular flexibility index (Phi) is 6.56. The van der Waals surface area contributed by atoms with Crippen molar-refractivity contribution in [3.05, 3.63) is 48.5 Å². The van der Waals surface area contributed by atoms with Crippen LogP contribution in [0.2, 0.25) is 0 Å². The predicted octanol–water partition coefficient (Wildman–Crippen LogP) is 1.74. The molecule has 36 heavy (non-hydrogen) atoms. The Bertz CT molecular complexity index is 1250. The molecule has 4 atom stereocenters. The zero-order chi connectivity index (χ0) is 25.3. The van der Waals surface area contributed by atoms with E-state index in [9.17, 15) is 9.59 Å². The number of fused-ring (bicyclic) bond motifs is 2. The topological polar surface area (TPSA) is 142 Å². The van der Waals surface area contributed by atoms with Crippen LogP contribution in [0.4, 0.5) is 10.6 Å². The number of nitrogens with zero attached hydrogens (tertiary/aromatic N) is 4. The van der Waals surface area contributed by atoms with Crippen molar-refractivity contribution in [3.8, 4) is 0 Å². The van der Waals surface area contributed by atoms with Gasteiger partial charge in [-0.1, -0.05) is 30.3 Å². The Morgan fingerprint density at radius 2 is 1.83 bits per heavy atom. The fraction of sp³-hybridized carbons (Fsp3) is 0.458. The Morgan fingerprint density at radius 1 is 1.06 bits per heavy atom. The molecule has 0 bridgehead atoms. The van der Waals surface area contributed by atoms with Gasteiger partial charge in [0, 0.05) is 13.1 Å². The standard InChI is InChI=1S/C24H29N7O5/c1-4-25-21(32)17-16-18(36-24(2,3)35-16)22(34-17)31-13-29-15-19(27-12-28-20(15)31)30-23(33)26-11-10-14-8-6-5-7-9-14/h5-9,12-13,16-18,22H,4,10-11H2,1-3H3,(H,25,32)(H2,26,27,28,30,33)/t16-,17+,18-,22-/m1/s1. The van der Waals surface area contributed by atoms with E-state index in [0.717, 1.165) is 5.56 Å². The lowest BCUT2D eigenvalue weighted by atomic mass is 10.1. The first-order chi connectivity index (χ1) is 17.4. The summed E-state index contributed by atoms with van der Waals surface area (Å²) in [5.74, 6) is -0.891. The molecule has 0 saturated carbocycles. The number of amides is 3. The highest BCUT2D eigenvalue weighted by atomic mass is 16.8. The number of carbonyl (C=O) groups excluding carboxylic acids is 2. The number of hydrogen-bond acceptors (Lipinski definition) is 8. The molecule has 0 spiro atoms. The maximum atomic E-state index is 12.7. The zero-order valence-electron chi connectivity index (χ0n) is 20.3. The Morgan fingerprint density at radius 3 is 2.61 bits per heavy atom. The molecule has 0 unspecified atom stereocenters. The predicted molar refractivity (Wildman–Crippen MR) is 129 cm³/mol. The minimum atomic E-state index is -0.877. The van der Waals surface area contributed by atoms with Gasteiger partial charge in [0.15, 0.2) is 35.1 Å². The zero-order valence-corrected chi connectivity index (χ0v) is 20.3. The summed E-state index contributed by atoms with van der Waals surface area (Å²) < 4.78 is 19.9. The van der Waals surface area contributed by atoms with E-state index in [1.807, 2.05) is 37.3 Å². The molecule has 3 aromatic rings. The van der Waals surface area contributed by atoms with Crippen LogP contribution in [0.1, 0.15) is 32.6 Å². The molecule has 2 aliphatic rings. The number of ether oxygens (including phenoxy) is 3. The van der Waals surface area contributed by atoms with Crippen LogP contribution >= 0.6 is 0 Å². The maximum absolute atomic E-state index is 12.7. The number of aromatic nitrogens is 4. The van der Waals surface area contributed by atoms with Crippen molar-refractivity contribution in [2.45, 2.75) is 57.5 Å². The van der Waals surface area contributed by atoms with E-state index >= 15 is 0 Å². The van der Waals surface area contributed by atoms with E-state index in [-0.39, 0.29) is 11.7 Å². The number of urea groups is 1. The molecule has 3 N–H and O–H groups in total. The van der Waals surface area contributed by atoms with Crippen LogP contribution in [0.15, 0.2) is 43.0 Å². The number of likely N-dealkylation sites (N-methyl/N-ethyl adjacent to an activating group) is 1. The first-order valence-corrected chi connectivity index (χ1v) is 11.9. The molecule has 12 heteroatoms. The molecular weight excluding hydrogens is 466 g/mol. The van der Waals surface area contributed by atoms with Crippen LogP contribution in [-0.4, -0.2) is 68.6 Å².